The fourth-order valence-corrected chi connectivity index (χ4v) is 2.72. The zero-order valence-corrected chi connectivity index (χ0v) is 11.6. The Hall–Kier alpha value is -0.980. The maximum Gasteiger partial charge on any atom is 0.250 e. The van der Waals surface area contributed by atoms with Crippen LogP contribution in [0.5, 0.6) is 0 Å². The molecular weight excluding hydrogens is 250 g/mol. The number of carbonyl (C=O) groups excluding carboxylic acids is 1. The number of amides is 1. The minimum absolute atomic E-state index is 0.0350. The standard InChI is InChI=1S/C12H19N3O2S/c1-8-9(2)18-11(15-8)3-4-14-12(16)10-7-13-5-6-17-10/h10,13H,3-7H2,1-2H3,(H,14,16)/t10-/m1/s1. The van der Waals surface area contributed by atoms with Crippen LogP contribution in [-0.2, 0) is 16.0 Å². The molecule has 1 atom stereocenters. The Labute approximate surface area is 111 Å². The van der Waals surface area contributed by atoms with Crippen LogP contribution in [0.2, 0.25) is 0 Å². The summed E-state index contributed by atoms with van der Waals surface area (Å²) in [6, 6.07) is 0. The minimum Gasteiger partial charge on any atom is -0.366 e. The third-order valence-electron chi connectivity index (χ3n) is 2.93. The Morgan fingerprint density at radius 3 is 3.06 bits per heavy atom. The summed E-state index contributed by atoms with van der Waals surface area (Å²) >= 11 is 1.70. The largest absolute Gasteiger partial charge is 0.366 e. The molecule has 0 saturated carbocycles. The Kier molecular flexibility index (Phi) is 4.68. The lowest BCUT2D eigenvalue weighted by molar-refractivity contribution is -0.134. The molecule has 100 valence electrons. The molecule has 1 fully saturated rings. The van der Waals surface area contributed by atoms with Crippen LogP contribution in [0.1, 0.15) is 15.6 Å². The van der Waals surface area contributed by atoms with Crippen molar-refractivity contribution in [2.24, 2.45) is 0 Å². The molecule has 5 nitrogen and oxygen atoms in total. The number of nitrogens with one attached hydrogen (secondary N) is 2. The van der Waals surface area contributed by atoms with Crippen LogP contribution < -0.4 is 10.6 Å². The maximum absolute atomic E-state index is 11.8. The quantitative estimate of drug-likeness (QED) is 0.831. The molecule has 18 heavy (non-hydrogen) atoms. The molecule has 1 amide bonds. The molecule has 2 N–H and O–H groups in total. The van der Waals surface area contributed by atoms with Gasteiger partial charge in [-0.05, 0) is 13.8 Å². The van der Waals surface area contributed by atoms with Crippen LogP contribution >= 0.6 is 11.3 Å². The van der Waals surface area contributed by atoms with Crippen LogP contribution in [0.25, 0.3) is 0 Å². The molecule has 1 aliphatic rings. The summed E-state index contributed by atoms with van der Waals surface area (Å²) in [5.74, 6) is -0.0350. The van der Waals surface area contributed by atoms with Gasteiger partial charge in [0.05, 0.1) is 17.3 Å². The number of thiazole rings is 1. The first-order valence-electron chi connectivity index (χ1n) is 6.20. The van der Waals surface area contributed by atoms with Gasteiger partial charge in [-0.3, -0.25) is 4.79 Å². The maximum atomic E-state index is 11.8. The van der Waals surface area contributed by atoms with Crippen molar-refractivity contribution in [2.45, 2.75) is 26.4 Å². The molecule has 1 saturated heterocycles. The second-order valence-electron chi connectivity index (χ2n) is 4.35. The zero-order chi connectivity index (χ0) is 13.0. The van der Waals surface area contributed by atoms with Crippen molar-refractivity contribution < 1.29 is 9.53 Å². The van der Waals surface area contributed by atoms with E-state index in [9.17, 15) is 4.79 Å². The number of aryl methyl sites for hydroxylation is 2. The van der Waals surface area contributed by atoms with E-state index in [2.05, 4.69) is 22.5 Å². The third-order valence-corrected chi connectivity index (χ3v) is 4.06. The highest BCUT2D eigenvalue weighted by molar-refractivity contribution is 7.11. The molecule has 0 aliphatic carbocycles. The Bertz CT molecular complexity index is 394. The van der Waals surface area contributed by atoms with Gasteiger partial charge in [0.25, 0.3) is 0 Å². The highest BCUT2D eigenvalue weighted by Gasteiger charge is 2.21. The Morgan fingerprint density at radius 1 is 1.61 bits per heavy atom. The van der Waals surface area contributed by atoms with Gasteiger partial charge in [-0.2, -0.15) is 0 Å². The summed E-state index contributed by atoms with van der Waals surface area (Å²) in [6.45, 7) is 6.71. The van der Waals surface area contributed by atoms with E-state index in [4.69, 9.17) is 4.74 Å². The van der Waals surface area contributed by atoms with Crippen molar-refractivity contribution in [3.8, 4) is 0 Å². The number of carbonyl (C=O) groups is 1. The van der Waals surface area contributed by atoms with Gasteiger partial charge in [-0.1, -0.05) is 0 Å². The molecule has 1 aliphatic heterocycles. The van der Waals surface area contributed by atoms with E-state index in [-0.39, 0.29) is 12.0 Å². The summed E-state index contributed by atoms with van der Waals surface area (Å²) in [6.07, 6.45) is 0.434. The number of ether oxygens (including phenoxy) is 1. The summed E-state index contributed by atoms with van der Waals surface area (Å²) in [5.41, 5.74) is 1.08. The number of morpholine rings is 1. The average Bonchev–Trinajstić information content (AvgIpc) is 2.69. The number of nitrogens with zero attached hydrogens (tertiary/aromatic N) is 1. The Morgan fingerprint density at radius 2 is 2.44 bits per heavy atom. The lowest BCUT2D eigenvalue weighted by Crippen LogP contribution is -2.48. The number of hydrogen-bond acceptors (Lipinski definition) is 5. The van der Waals surface area contributed by atoms with Crippen molar-refractivity contribution in [1.29, 1.82) is 0 Å². The van der Waals surface area contributed by atoms with E-state index >= 15 is 0 Å². The van der Waals surface area contributed by atoms with Gasteiger partial charge in [-0.25, -0.2) is 4.98 Å². The summed E-state index contributed by atoms with van der Waals surface area (Å²) in [7, 11) is 0. The summed E-state index contributed by atoms with van der Waals surface area (Å²) in [4.78, 5) is 17.5. The molecule has 0 spiro atoms. The fourth-order valence-electron chi connectivity index (χ4n) is 1.79. The van der Waals surface area contributed by atoms with Gasteiger partial charge >= 0.3 is 0 Å². The topological polar surface area (TPSA) is 63.2 Å². The van der Waals surface area contributed by atoms with Gasteiger partial charge in [0.1, 0.15) is 6.10 Å². The summed E-state index contributed by atoms with van der Waals surface area (Å²) in [5, 5.41) is 7.11. The molecular formula is C12H19N3O2S. The molecule has 0 unspecified atom stereocenters. The fraction of sp³-hybridized carbons (Fsp3) is 0.667. The molecule has 6 heteroatoms. The van der Waals surface area contributed by atoms with Crippen molar-refractivity contribution in [2.75, 3.05) is 26.2 Å². The van der Waals surface area contributed by atoms with E-state index in [1.807, 2.05) is 6.92 Å². The molecule has 0 radical (unpaired) electrons. The minimum atomic E-state index is -0.349. The monoisotopic (exact) mass is 269 g/mol. The van der Waals surface area contributed by atoms with Crippen LogP contribution in [-0.4, -0.2) is 43.2 Å². The van der Waals surface area contributed by atoms with E-state index < -0.39 is 0 Å². The second kappa shape index (κ2) is 6.26. The highest BCUT2D eigenvalue weighted by Crippen LogP contribution is 2.16. The van der Waals surface area contributed by atoms with Crippen molar-refractivity contribution in [3.63, 3.8) is 0 Å². The normalized spacial score (nSPS) is 19.8. The van der Waals surface area contributed by atoms with Crippen LogP contribution in [0, 0.1) is 13.8 Å². The molecule has 0 bridgehead atoms. The van der Waals surface area contributed by atoms with Gasteiger partial charge in [0, 0.05) is 30.9 Å². The SMILES string of the molecule is Cc1nc(CCNC(=O)[C@H]2CNCCO2)sc1C. The van der Waals surface area contributed by atoms with E-state index in [0.29, 0.717) is 19.7 Å². The zero-order valence-electron chi connectivity index (χ0n) is 10.8. The molecule has 1 aromatic rings. The number of aromatic nitrogens is 1. The summed E-state index contributed by atoms with van der Waals surface area (Å²) < 4.78 is 5.38. The first-order chi connectivity index (χ1) is 8.66. The van der Waals surface area contributed by atoms with Gasteiger partial charge in [-0.15, -0.1) is 11.3 Å². The van der Waals surface area contributed by atoms with Crippen molar-refractivity contribution >= 4 is 17.2 Å². The van der Waals surface area contributed by atoms with Gasteiger partial charge in [0.15, 0.2) is 0 Å². The van der Waals surface area contributed by atoms with Crippen LogP contribution in [0.3, 0.4) is 0 Å². The lowest BCUT2D eigenvalue weighted by atomic mass is 10.3. The average molecular weight is 269 g/mol. The third kappa shape index (κ3) is 3.51. The highest BCUT2D eigenvalue weighted by atomic mass is 32.1. The Balaban J connectivity index is 1.72. The molecule has 2 rings (SSSR count). The second-order valence-corrected chi connectivity index (χ2v) is 5.64. The first kappa shape index (κ1) is 13.5. The number of rotatable bonds is 4. The molecule has 0 aromatic carbocycles. The van der Waals surface area contributed by atoms with Crippen molar-refractivity contribution in [1.82, 2.24) is 15.6 Å². The van der Waals surface area contributed by atoms with Gasteiger partial charge < -0.3 is 15.4 Å². The number of hydrogen-bond donors (Lipinski definition) is 2. The van der Waals surface area contributed by atoms with Crippen LogP contribution in [0.15, 0.2) is 0 Å². The van der Waals surface area contributed by atoms with Crippen molar-refractivity contribution in [3.05, 3.63) is 15.6 Å². The molecule has 2 heterocycles. The predicted octanol–water partition coefficient (Wildman–Crippen LogP) is 0.407. The van der Waals surface area contributed by atoms with Gasteiger partial charge in [0.2, 0.25) is 5.91 Å². The smallest absolute Gasteiger partial charge is 0.250 e. The van der Waals surface area contributed by atoms with E-state index in [0.717, 1.165) is 23.7 Å². The first-order valence-corrected chi connectivity index (χ1v) is 7.01. The van der Waals surface area contributed by atoms with Crippen LogP contribution in [0.4, 0.5) is 0 Å². The van der Waals surface area contributed by atoms with E-state index in [1.54, 1.807) is 11.3 Å². The lowest BCUT2D eigenvalue weighted by Gasteiger charge is -2.22. The van der Waals surface area contributed by atoms with E-state index in [1.165, 1.54) is 4.88 Å². The predicted molar refractivity (Wildman–Crippen MR) is 70.9 cm³/mol. The molecule has 1 aromatic heterocycles.